The first-order valence-corrected chi connectivity index (χ1v) is 10.2. The van der Waals surface area contributed by atoms with Crippen molar-refractivity contribution < 1.29 is 13.6 Å². The Balaban J connectivity index is 1.61. The van der Waals surface area contributed by atoms with Gasteiger partial charge in [0.15, 0.2) is 5.82 Å². The fourth-order valence-electron chi connectivity index (χ4n) is 3.21. The van der Waals surface area contributed by atoms with E-state index in [2.05, 4.69) is 20.5 Å². The lowest BCUT2D eigenvalue weighted by Gasteiger charge is -2.13. The summed E-state index contributed by atoms with van der Waals surface area (Å²) < 4.78 is 28.5. The van der Waals surface area contributed by atoms with Crippen LogP contribution in [0.15, 0.2) is 55.0 Å². The molecule has 0 bridgehead atoms. The highest BCUT2D eigenvalue weighted by Crippen LogP contribution is 2.32. The molecule has 1 amide bonds. The third kappa shape index (κ3) is 4.32. The molecule has 0 aliphatic carbocycles. The van der Waals surface area contributed by atoms with Crippen LogP contribution in [0.1, 0.15) is 22.8 Å². The molecule has 10 heteroatoms. The van der Waals surface area contributed by atoms with Gasteiger partial charge in [-0.15, -0.1) is 4.80 Å². The molecule has 0 fully saturated rings. The number of nitrogens with one attached hydrogen (secondary N) is 1. The van der Waals surface area contributed by atoms with E-state index in [1.807, 2.05) is 6.92 Å². The number of carbonyl (C=O) groups excluding carboxylic acids is 1. The van der Waals surface area contributed by atoms with Crippen LogP contribution in [0.25, 0.3) is 16.9 Å². The summed E-state index contributed by atoms with van der Waals surface area (Å²) >= 11 is 12.5. The van der Waals surface area contributed by atoms with Gasteiger partial charge in [-0.3, -0.25) is 4.79 Å². The van der Waals surface area contributed by atoms with E-state index in [1.165, 1.54) is 53.7 Å². The summed E-state index contributed by atoms with van der Waals surface area (Å²) in [6.45, 7) is 1.84. The van der Waals surface area contributed by atoms with E-state index in [9.17, 15) is 13.6 Å². The number of nitrogens with zero attached hydrogens (tertiary/aromatic N) is 4. The highest BCUT2D eigenvalue weighted by Gasteiger charge is 2.18. The summed E-state index contributed by atoms with van der Waals surface area (Å²) in [5.41, 5.74) is 1.54. The Bertz CT molecular complexity index is 1310. The molecule has 0 spiro atoms. The van der Waals surface area contributed by atoms with Crippen molar-refractivity contribution in [1.29, 1.82) is 0 Å². The second kappa shape index (κ2) is 9.02. The first kappa shape index (κ1) is 21.9. The number of pyridine rings is 1. The zero-order valence-electron chi connectivity index (χ0n) is 16.6. The van der Waals surface area contributed by atoms with Crippen molar-refractivity contribution in [2.75, 3.05) is 5.32 Å². The summed E-state index contributed by atoms with van der Waals surface area (Å²) in [5, 5.41) is 10.7. The van der Waals surface area contributed by atoms with Crippen LogP contribution in [0, 0.1) is 11.6 Å². The van der Waals surface area contributed by atoms with Crippen LogP contribution in [0.2, 0.25) is 10.0 Å². The van der Waals surface area contributed by atoms with Crippen LogP contribution < -0.4 is 5.32 Å². The lowest BCUT2D eigenvalue weighted by molar-refractivity contribution is 0.102. The summed E-state index contributed by atoms with van der Waals surface area (Å²) in [5.74, 6) is -1.42. The van der Waals surface area contributed by atoms with Gasteiger partial charge < -0.3 is 5.32 Å². The zero-order chi connectivity index (χ0) is 22.8. The highest BCUT2D eigenvalue weighted by atomic mass is 35.5. The summed E-state index contributed by atoms with van der Waals surface area (Å²) in [6, 6.07) is 7.97. The Morgan fingerprint density at radius 1 is 1.03 bits per heavy atom. The summed E-state index contributed by atoms with van der Waals surface area (Å²) in [7, 11) is 0. The van der Waals surface area contributed by atoms with Gasteiger partial charge in [0.1, 0.15) is 11.6 Å². The predicted molar refractivity (Wildman–Crippen MR) is 118 cm³/mol. The minimum atomic E-state index is -0.655. The van der Waals surface area contributed by atoms with E-state index in [4.69, 9.17) is 23.2 Å². The van der Waals surface area contributed by atoms with Gasteiger partial charge in [-0.05, 0) is 47.9 Å². The van der Waals surface area contributed by atoms with Crippen molar-refractivity contribution >= 4 is 34.8 Å². The number of hydrogen-bond donors (Lipinski definition) is 1. The molecule has 0 unspecified atom stereocenters. The number of amides is 1. The zero-order valence-corrected chi connectivity index (χ0v) is 18.1. The Kier molecular flexibility index (Phi) is 6.16. The van der Waals surface area contributed by atoms with Gasteiger partial charge in [0.05, 0.1) is 39.9 Å². The topological polar surface area (TPSA) is 72.7 Å². The van der Waals surface area contributed by atoms with Gasteiger partial charge in [0.25, 0.3) is 5.91 Å². The van der Waals surface area contributed by atoms with Gasteiger partial charge in [-0.2, -0.15) is 10.2 Å². The van der Waals surface area contributed by atoms with E-state index in [1.54, 1.807) is 0 Å². The molecule has 2 aromatic carbocycles. The van der Waals surface area contributed by atoms with Crippen LogP contribution in [0.4, 0.5) is 14.5 Å². The van der Waals surface area contributed by atoms with Crippen LogP contribution in [-0.4, -0.2) is 25.9 Å². The number of hydrogen-bond acceptors (Lipinski definition) is 4. The monoisotopic (exact) mass is 473 g/mol. The van der Waals surface area contributed by atoms with Gasteiger partial charge in [-0.1, -0.05) is 36.2 Å². The van der Waals surface area contributed by atoms with Crippen molar-refractivity contribution in [3.05, 3.63) is 87.8 Å². The fraction of sp³-hybridized carbons (Fsp3) is 0.0909. The number of anilines is 1. The molecule has 2 aromatic heterocycles. The van der Waals surface area contributed by atoms with Crippen LogP contribution >= 0.6 is 23.2 Å². The Morgan fingerprint density at radius 2 is 1.78 bits per heavy atom. The number of halogens is 4. The SMILES string of the molecule is CCc1cc(F)ccc1-c1cc(Cl)c(C(=O)Nc2cnc(-n3nccn3)c(Cl)c2)cc1F. The number of carbonyl (C=O) groups is 1. The van der Waals surface area contributed by atoms with Gasteiger partial charge in [-0.25, -0.2) is 13.8 Å². The van der Waals surface area contributed by atoms with E-state index in [0.717, 1.165) is 6.07 Å². The van der Waals surface area contributed by atoms with Crippen LogP contribution in [-0.2, 0) is 6.42 Å². The smallest absolute Gasteiger partial charge is 0.257 e. The molecule has 0 aliphatic heterocycles. The number of aromatic nitrogens is 4. The molecule has 0 saturated heterocycles. The third-order valence-electron chi connectivity index (χ3n) is 4.73. The molecule has 4 aromatic rings. The minimum absolute atomic E-state index is 0.0432. The normalized spacial score (nSPS) is 10.9. The van der Waals surface area contributed by atoms with Gasteiger partial charge >= 0.3 is 0 Å². The van der Waals surface area contributed by atoms with Gasteiger partial charge in [0.2, 0.25) is 0 Å². The third-order valence-corrected chi connectivity index (χ3v) is 5.32. The lowest BCUT2D eigenvalue weighted by atomic mass is 9.96. The Labute approximate surface area is 191 Å². The maximum Gasteiger partial charge on any atom is 0.257 e. The van der Waals surface area contributed by atoms with Crippen molar-refractivity contribution in [2.45, 2.75) is 13.3 Å². The van der Waals surface area contributed by atoms with Gasteiger partial charge in [0, 0.05) is 5.56 Å². The van der Waals surface area contributed by atoms with Crippen molar-refractivity contribution in [3.63, 3.8) is 0 Å². The predicted octanol–water partition coefficient (Wildman–Crippen LogP) is 5.73. The molecule has 0 aliphatic rings. The first-order chi connectivity index (χ1) is 15.4. The van der Waals surface area contributed by atoms with E-state index in [0.29, 0.717) is 17.5 Å². The highest BCUT2D eigenvalue weighted by molar-refractivity contribution is 6.35. The van der Waals surface area contributed by atoms with Crippen molar-refractivity contribution in [2.24, 2.45) is 0 Å². The molecule has 0 atom stereocenters. The maximum absolute atomic E-state index is 14.9. The molecule has 1 N–H and O–H groups in total. The molecular formula is C22H15Cl2F2N5O. The minimum Gasteiger partial charge on any atom is -0.320 e. The standard InChI is InChI=1S/C22H15Cl2F2N5O/c1-2-12-7-13(25)3-4-15(12)16-9-18(23)17(10-20(16)26)22(32)30-14-8-19(24)21(27-11-14)31-28-5-6-29-31/h3-11H,2H2,1H3,(H,30,32). The van der Waals surface area contributed by atoms with E-state index < -0.39 is 17.5 Å². The molecule has 6 nitrogen and oxygen atoms in total. The largest absolute Gasteiger partial charge is 0.320 e. The van der Waals surface area contributed by atoms with Crippen LogP contribution in [0.5, 0.6) is 0 Å². The average molecular weight is 474 g/mol. The van der Waals surface area contributed by atoms with Crippen molar-refractivity contribution in [3.8, 4) is 16.9 Å². The molecule has 2 heterocycles. The average Bonchev–Trinajstić information content (AvgIpc) is 3.29. The number of benzene rings is 2. The maximum atomic E-state index is 14.9. The fourth-order valence-corrected chi connectivity index (χ4v) is 3.71. The lowest BCUT2D eigenvalue weighted by Crippen LogP contribution is -2.14. The number of rotatable bonds is 5. The van der Waals surface area contributed by atoms with E-state index >= 15 is 0 Å². The second-order valence-corrected chi connectivity index (χ2v) is 7.58. The quantitative estimate of drug-likeness (QED) is 0.401. The Hall–Kier alpha value is -3.36. The second-order valence-electron chi connectivity index (χ2n) is 6.77. The van der Waals surface area contributed by atoms with E-state index in [-0.39, 0.29) is 32.7 Å². The molecule has 0 radical (unpaired) electrons. The Morgan fingerprint density at radius 3 is 2.47 bits per heavy atom. The summed E-state index contributed by atoms with van der Waals surface area (Å²) in [6.07, 6.45) is 4.82. The van der Waals surface area contributed by atoms with Crippen molar-refractivity contribution in [1.82, 2.24) is 20.0 Å². The molecule has 0 saturated carbocycles. The molecule has 162 valence electrons. The molecule has 4 rings (SSSR count). The van der Waals surface area contributed by atoms with Crippen LogP contribution in [0.3, 0.4) is 0 Å². The number of aryl methyl sites for hydroxylation is 1. The molecule has 32 heavy (non-hydrogen) atoms. The summed E-state index contributed by atoms with van der Waals surface area (Å²) in [4.78, 5) is 18.1. The molecular weight excluding hydrogens is 459 g/mol. The first-order valence-electron chi connectivity index (χ1n) is 9.48.